The van der Waals surface area contributed by atoms with Crippen molar-refractivity contribution in [2.75, 3.05) is 0 Å². The molecule has 1 fully saturated rings. The Morgan fingerprint density at radius 2 is 1.95 bits per heavy atom. The molecule has 0 aromatic heterocycles. The summed E-state index contributed by atoms with van der Waals surface area (Å²) < 4.78 is 22.3. The van der Waals surface area contributed by atoms with E-state index in [1.54, 1.807) is 12.1 Å². The minimum Gasteiger partial charge on any atom is -0.352 e. The van der Waals surface area contributed by atoms with Gasteiger partial charge >= 0.3 is 0 Å². The van der Waals surface area contributed by atoms with Crippen LogP contribution in [0.4, 0.5) is 0 Å². The molecule has 6 heteroatoms. The fraction of sp³-hybridized carbons (Fsp3) is 0.533. The number of benzene rings is 1. The van der Waals surface area contributed by atoms with Crippen LogP contribution in [-0.2, 0) is 20.4 Å². The smallest absolute Gasteiger partial charge is 0.261 e. The Balaban J connectivity index is 1.96. The van der Waals surface area contributed by atoms with Crippen molar-refractivity contribution in [1.82, 2.24) is 5.32 Å². The Morgan fingerprint density at radius 3 is 2.43 bits per heavy atom. The van der Waals surface area contributed by atoms with Gasteiger partial charge in [0.05, 0.1) is 4.90 Å². The van der Waals surface area contributed by atoms with Gasteiger partial charge in [-0.05, 0) is 36.0 Å². The first kappa shape index (κ1) is 16.3. The van der Waals surface area contributed by atoms with Crippen LogP contribution in [0.3, 0.4) is 0 Å². The van der Waals surface area contributed by atoms with Gasteiger partial charge in [-0.1, -0.05) is 32.4 Å². The van der Waals surface area contributed by atoms with Crippen molar-refractivity contribution in [3.63, 3.8) is 0 Å². The molecule has 116 valence electrons. The number of hydrogen-bond acceptors (Lipinski definition) is 3. The van der Waals surface area contributed by atoms with Crippen molar-refractivity contribution in [2.45, 2.75) is 44.6 Å². The van der Waals surface area contributed by atoms with E-state index in [1.807, 2.05) is 0 Å². The van der Waals surface area contributed by atoms with E-state index in [9.17, 15) is 13.2 Å². The van der Waals surface area contributed by atoms with Gasteiger partial charge in [0.2, 0.25) is 5.91 Å². The summed E-state index contributed by atoms with van der Waals surface area (Å²) in [7, 11) is 1.56. The maximum Gasteiger partial charge on any atom is 0.261 e. The van der Waals surface area contributed by atoms with Crippen molar-refractivity contribution in [3.8, 4) is 0 Å². The van der Waals surface area contributed by atoms with Gasteiger partial charge in [0.15, 0.2) is 0 Å². The molecule has 1 aromatic carbocycles. The monoisotopic (exact) mass is 329 g/mol. The van der Waals surface area contributed by atoms with Gasteiger partial charge in [0, 0.05) is 23.1 Å². The standard InChI is InChI=1S/C15H20ClNO3S/c1-15(2)9-3-4-13(15)14(18)17-10-11-5-7-12(8-6-11)21(16,19)20/h5-8,13H,3-4,9-10H2,1-2H3,(H,17,18). The lowest BCUT2D eigenvalue weighted by Gasteiger charge is -2.25. The number of halogens is 1. The molecule has 1 saturated carbocycles. The molecule has 1 N–H and O–H groups in total. The number of amides is 1. The van der Waals surface area contributed by atoms with Crippen molar-refractivity contribution in [3.05, 3.63) is 29.8 Å². The number of nitrogens with one attached hydrogen (secondary N) is 1. The number of hydrogen-bond donors (Lipinski definition) is 1. The van der Waals surface area contributed by atoms with E-state index in [2.05, 4.69) is 19.2 Å². The first-order valence-corrected chi connectivity index (χ1v) is 9.32. The summed E-state index contributed by atoms with van der Waals surface area (Å²) in [6.07, 6.45) is 3.10. The van der Waals surface area contributed by atoms with Crippen LogP contribution in [0.2, 0.25) is 0 Å². The number of carbonyl (C=O) groups is 1. The highest BCUT2D eigenvalue weighted by Gasteiger charge is 2.38. The van der Waals surface area contributed by atoms with E-state index in [0.29, 0.717) is 6.54 Å². The highest BCUT2D eigenvalue weighted by Crippen LogP contribution is 2.42. The van der Waals surface area contributed by atoms with Crippen LogP contribution in [0.5, 0.6) is 0 Å². The van der Waals surface area contributed by atoms with Crippen LogP contribution in [0, 0.1) is 11.3 Å². The average Bonchev–Trinajstić information content (AvgIpc) is 2.75. The first-order chi connectivity index (χ1) is 9.70. The molecule has 21 heavy (non-hydrogen) atoms. The van der Waals surface area contributed by atoms with Crippen LogP contribution in [0.15, 0.2) is 29.2 Å². The molecule has 0 aliphatic heterocycles. The summed E-state index contributed by atoms with van der Waals surface area (Å²) in [4.78, 5) is 12.3. The van der Waals surface area contributed by atoms with Crippen LogP contribution < -0.4 is 5.32 Å². The molecule has 1 aliphatic carbocycles. The molecule has 0 heterocycles. The molecule has 2 rings (SSSR count). The predicted octanol–water partition coefficient (Wildman–Crippen LogP) is 3.06. The van der Waals surface area contributed by atoms with Gasteiger partial charge in [0.1, 0.15) is 0 Å². The lowest BCUT2D eigenvalue weighted by atomic mass is 9.81. The van der Waals surface area contributed by atoms with E-state index < -0.39 is 9.05 Å². The normalized spacial score (nSPS) is 21.2. The van der Waals surface area contributed by atoms with Crippen LogP contribution in [0.1, 0.15) is 38.7 Å². The largest absolute Gasteiger partial charge is 0.352 e. The third kappa shape index (κ3) is 3.98. The van der Waals surface area contributed by atoms with Gasteiger partial charge in [-0.25, -0.2) is 8.42 Å². The summed E-state index contributed by atoms with van der Waals surface area (Å²) in [5.41, 5.74) is 0.906. The maximum absolute atomic E-state index is 12.2. The Bertz CT molecular complexity index is 623. The highest BCUT2D eigenvalue weighted by molar-refractivity contribution is 8.13. The second kappa shape index (κ2) is 5.97. The Labute approximate surface area is 130 Å². The summed E-state index contributed by atoms with van der Waals surface area (Å²) in [6.45, 7) is 4.66. The van der Waals surface area contributed by atoms with E-state index in [0.717, 1.165) is 24.8 Å². The quantitative estimate of drug-likeness (QED) is 0.863. The second-order valence-electron chi connectivity index (χ2n) is 6.23. The van der Waals surface area contributed by atoms with Gasteiger partial charge in [-0.2, -0.15) is 0 Å². The fourth-order valence-electron chi connectivity index (χ4n) is 2.89. The second-order valence-corrected chi connectivity index (χ2v) is 8.80. The summed E-state index contributed by atoms with van der Waals surface area (Å²) >= 11 is 0. The van der Waals surface area contributed by atoms with Gasteiger partial charge in [-0.3, -0.25) is 4.79 Å². The summed E-state index contributed by atoms with van der Waals surface area (Å²) in [5, 5.41) is 2.93. The molecule has 0 radical (unpaired) electrons. The molecule has 4 nitrogen and oxygen atoms in total. The molecule has 0 saturated heterocycles. The lowest BCUT2D eigenvalue weighted by molar-refractivity contribution is -0.127. The van der Waals surface area contributed by atoms with Crippen LogP contribution >= 0.6 is 10.7 Å². The van der Waals surface area contributed by atoms with Crippen molar-refractivity contribution in [2.24, 2.45) is 11.3 Å². The van der Waals surface area contributed by atoms with Gasteiger partial charge in [-0.15, -0.1) is 0 Å². The van der Waals surface area contributed by atoms with E-state index >= 15 is 0 Å². The molecule has 1 aliphatic rings. The molecule has 1 amide bonds. The lowest BCUT2D eigenvalue weighted by Crippen LogP contribution is -2.35. The zero-order chi connectivity index (χ0) is 15.7. The minimum atomic E-state index is -3.69. The first-order valence-electron chi connectivity index (χ1n) is 7.01. The third-order valence-electron chi connectivity index (χ3n) is 4.25. The van der Waals surface area contributed by atoms with Crippen LogP contribution in [-0.4, -0.2) is 14.3 Å². The SMILES string of the molecule is CC1(C)CCCC1C(=O)NCc1ccc(S(=O)(=O)Cl)cc1. The molecule has 1 unspecified atom stereocenters. The fourth-order valence-corrected chi connectivity index (χ4v) is 3.66. The third-order valence-corrected chi connectivity index (χ3v) is 5.62. The average molecular weight is 330 g/mol. The van der Waals surface area contributed by atoms with Crippen molar-refractivity contribution in [1.29, 1.82) is 0 Å². The van der Waals surface area contributed by atoms with Crippen LogP contribution in [0.25, 0.3) is 0 Å². The molecule has 1 atom stereocenters. The topological polar surface area (TPSA) is 63.2 Å². The minimum absolute atomic E-state index is 0.0555. The molecular formula is C15H20ClNO3S. The van der Waals surface area contributed by atoms with E-state index in [4.69, 9.17) is 10.7 Å². The van der Waals surface area contributed by atoms with Crippen molar-refractivity contribution < 1.29 is 13.2 Å². The summed E-state index contributed by atoms with van der Waals surface area (Å²) in [6, 6.07) is 6.22. The Hall–Kier alpha value is -1.07. The molecule has 0 spiro atoms. The zero-order valence-electron chi connectivity index (χ0n) is 12.2. The molecule has 1 aromatic rings. The Kier molecular flexibility index (Phi) is 4.63. The molecule has 0 bridgehead atoms. The number of rotatable bonds is 4. The van der Waals surface area contributed by atoms with E-state index in [1.165, 1.54) is 12.1 Å². The number of carbonyl (C=O) groups excluding carboxylic acids is 1. The highest BCUT2D eigenvalue weighted by atomic mass is 35.7. The molecular weight excluding hydrogens is 310 g/mol. The zero-order valence-corrected chi connectivity index (χ0v) is 13.8. The van der Waals surface area contributed by atoms with Gasteiger partial charge in [0.25, 0.3) is 9.05 Å². The summed E-state index contributed by atoms with van der Waals surface area (Å²) in [5.74, 6) is 0.131. The van der Waals surface area contributed by atoms with Gasteiger partial charge < -0.3 is 5.32 Å². The van der Waals surface area contributed by atoms with E-state index in [-0.39, 0.29) is 22.1 Å². The maximum atomic E-state index is 12.2. The van der Waals surface area contributed by atoms with Crippen molar-refractivity contribution >= 4 is 25.6 Å². The Morgan fingerprint density at radius 1 is 1.33 bits per heavy atom. The predicted molar refractivity (Wildman–Crippen MR) is 82.4 cm³/mol.